The maximum atomic E-state index is 13.6. The van der Waals surface area contributed by atoms with Gasteiger partial charge in [-0.15, -0.1) is 24.0 Å². The molecule has 106 valence electrons. The van der Waals surface area contributed by atoms with E-state index < -0.39 is 0 Å². The van der Waals surface area contributed by atoms with Crippen molar-refractivity contribution in [3.63, 3.8) is 0 Å². The Kier molecular flexibility index (Phi) is 6.33. The number of nitrogens with zero attached hydrogens (tertiary/aromatic N) is 2. The maximum Gasteiger partial charge on any atom is 0.194 e. The van der Waals surface area contributed by atoms with Gasteiger partial charge in [0.05, 0.1) is 13.2 Å². The van der Waals surface area contributed by atoms with E-state index in [-0.39, 0.29) is 29.8 Å². The standard InChI is InChI=1S/C13H18FN3O.HI/c1-3-18-12-5-4-10(8-11(12)14)9-16-13-15-6-7-17(13)2;/h4-5,8H,3,6-7,9H2,1-2H3,(H,15,16);1H. The largest absolute Gasteiger partial charge is 0.491 e. The molecule has 0 radical (unpaired) electrons. The Morgan fingerprint density at radius 3 is 2.84 bits per heavy atom. The van der Waals surface area contributed by atoms with Crippen molar-refractivity contribution in [3.8, 4) is 5.75 Å². The number of hydrogen-bond donors (Lipinski definition) is 1. The average molecular weight is 379 g/mol. The van der Waals surface area contributed by atoms with Crippen LogP contribution >= 0.6 is 24.0 Å². The minimum absolute atomic E-state index is 0. The number of ether oxygens (including phenoxy) is 1. The Morgan fingerprint density at radius 1 is 1.47 bits per heavy atom. The summed E-state index contributed by atoms with van der Waals surface area (Å²) >= 11 is 0. The first-order valence-electron chi connectivity index (χ1n) is 6.11. The molecule has 0 aliphatic carbocycles. The Balaban J connectivity index is 0.00000180. The minimum Gasteiger partial charge on any atom is -0.491 e. The summed E-state index contributed by atoms with van der Waals surface area (Å²) < 4.78 is 18.8. The fraction of sp³-hybridized carbons (Fsp3) is 0.462. The molecule has 1 aliphatic rings. The van der Waals surface area contributed by atoms with Crippen LogP contribution in [0, 0.1) is 5.82 Å². The van der Waals surface area contributed by atoms with Crippen molar-refractivity contribution in [3.05, 3.63) is 29.6 Å². The molecule has 1 N–H and O–H groups in total. The predicted octanol–water partition coefficient (Wildman–Crippen LogP) is 2.23. The first kappa shape index (κ1) is 16.0. The number of nitrogens with one attached hydrogen (secondary N) is 1. The molecule has 0 aromatic heterocycles. The lowest BCUT2D eigenvalue weighted by molar-refractivity contribution is 0.321. The lowest BCUT2D eigenvalue weighted by Crippen LogP contribution is -2.35. The topological polar surface area (TPSA) is 36.9 Å². The zero-order valence-corrected chi connectivity index (χ0v) is 13.5. The van der Waals surface area contributed by atoms with Crippen LogP contribution in [0.4, 0.5) is 4.39 Å². The molecule has 0 saturated heterocycles. The van der Waals surface area contributed by atoms with Crippen LogP contribution in [0.3, 0.4) is 0 Å². The van der Waals surface area contributed by atoms with E-state index in [9.17, 15) is 4.39 Å². The molecule has 4 nitrogen and oxygen atoms in total. The third-order valence-corrected chi connectivity index (χ3v) is 2.81. The Morgan fingerprint density at radius 2 is 2.26 bits per heavy atom. The van der Waals surface area contributed by atoms with Crippen LogP contribution in [0.25, 0.3) is 0 Å². The van der Waals surface area contributed by atoms with Crippen LogP contribution < -0.4 is 10.1 Å². The number of rotatable bonds is 4. The van der Waals surface area contributed by atoms with Gasteiger partial charge in [0, 0.05) is 20.1 Å². The summed E-state index contributed by atoms with van der Waals surface area (Å²) in [5.41, 5.74) is 0.874. The van der Waals surface area contributed by atoms with Crippen molar-refractivity contribution in [1.82, 2.24) is 10.2 Å². The molecule has 0 saturated carbocycles. The molecule has 0 unspecified atom stereocenters. The van der Waals surface area contributed by atoms with Gasteiger partial charge in [-0.2, -0.15) is 0 Å². The van der Waals surface area contributed by atoms with E-state index in [1.54, 1.807) is 6.07 Å². The normalized spacial score (nSPS) is 13.8. The SMILES string of the molecule is CCOc1ccc(CNC2=NCCN2C)cc1F.I. The summed E-state index contributed by atoms with van der Waals surface area (Å²) in [5.74, 6) is 0.846. The van der Waals surface area contributed by atoms with Gasteiger partial charge in [-0.25, -0.2) is 4.39 Å². The number of likely N-dealkylation sites (N-methyl/N-ethyl adjacent to an activating group) is 1. The summed E-state index contributed by atoms with van der Waals surface area (Å²) in [4.78, 5) is 6.36. The van der Waals surface area contributed by atoms with Crippen LogP contribution in [0.1, 0.15) is 12.5 Å². The molecule has 0 atom stereocenters. The summed E-state index contributed by atoms with van der Waals surface area (Å²) in [5, 5.41) is 3.19. The Labute approximate surface area is 130 Å². The van der Waals surface area contributed by atoms with Gasteiger partial charge in [-0.3, -0.25) is 4.99 Å². The van der Waals surface area contributed by atoms with E-state index in [1.807, 2.05) is 24.9 Å². The molecule has 0 amide bonds. The lowest BCUT2D eigenvalue weighted by Gasteiger charge is -2.15. The lowest BCUT2D eigenvalue weighted by atomic mass is 10.2. The predicted molar refractivity (Wildman–Crippen MR) is 84.8 cm³/mol. The van der Waals surface area contributed by atoms with Crippen LogP contribution in [0.2, 0.25) is 0 Å². The quantitative estimate of drug-likeness (QED) is 0.816. The third kappa shape index (κ3) is 4.22. The van der Waals surface area contributed by atoms with Crippen LogP contribution in [0.5, 0.6) is 5.75 Å². The van der Waals surface area contributed by atoms with Crippen LogP contribution in [-0.2, 0) is 6.54 Å². The fourth-order valence-corrected chi connectivity index (χ4v) is 1.83. The summed E-state index contributed by atoms with van der Waals surface area (Å²) in [6.45, 7) is 4.61. The first-order valence-corrected chi connectivity index (χ1v) is 6.11. The highest BCUT2D eigenvalue weighted by molar-refractivity contribution is 14.0. The molecule has 1 aromatic rings. The highest BCUT2D eigenvalue weighted by atomic mass is 127. The van der Waals surface area contributed by atoms with Crippen molar-refractivity contribution in [2.24, 2.45) is 4.99 Å². The molecular weight excluding hydrogens is 360 g/mol. The number of guanidine groups is 1. The minimum atomic E-state index is -0.321. The molecule has 1 heterocycles. The van der Waals surface area contributed by atoms with E-state index in [2.05, 4.69) is 10.3 Å². The second-order valence-electron chi connectivity index (χ2n) is 4.18. The Bertz CT molecular complexity index is 454. The molecule has 0 spiro atoms. The molecule has 1 aliphatic heterocycles. The van der Waals surface area contributed by atoms with Crippen molar-refractivity contribution in [2.75, 3.05) is 26.7 Å². The van der Waals surface area contributed by atoms with E-state index in [0.717, 1.165) is 24.6 Å². The number of hydrogen-bond acceptors (Lipinski definition) is 4. The highest BCUT2D eigenvalue weighted by Crippen LogP contribution is 2.18. The summed E-state index contributed by atoms with van der Waals surface area (Å²) in [7, 11) is 1.98. The van der Waals surface area contributed by atoms with Gasteiger partial charge in [0.1, 0.15) is 0 Å². The molecule has 0 fully saturated rings. The third-order valence-electron chi connectivity index (χ3n) is 2.81. The maximum absolute atomic E-state index is 13.6. The van der Waals surface area contributed by atoms with Crippen LogP contribution in [-0.4, -0.2) is 37.6 Å². The fourth-order valence-electron chi connectivity index (χ4n) is 1.83. The second-order valence-corrected chi connectivity index (χ2v) is 4.18. The zero-order chi connectivity index (χ0) is 13.0. The van der Waals surface area contributed by atoms with Crippen molar-refractivity contribution in [2.45, 2.75) is 13.5 Å². The highest BCUT2D eigenvalue weighted by Gasteiger charge is 2.11. The monoisotopic (exact) mass is 379 g/mol. The average Bonchev–Trinajstić information content (AvgIpc) is 2.76. The van der Waals surface area contributed by atoms with Crippen molar-refractivity contribution >= 4 is 29.9 Å². The number of aliphatic imine (C=N–C) groups is 1. The zero-order valence-electron chi connectivity index (χ0n) is 11.1. The van der Waals surface area contributed by atoms with E-state index in [4.69, 9.17) is 4.74 Å². The molecule has 6 heteroatoms. The van der Waals surface area contributed by atoms with Crippen LogP contribution in [0.15, 0.2) is 23.2 Å². The summed E-state index contributed by atoms with van der Waals surface area (Å²) in [6, 6.07) is 5.01. The smallest absolute Gasteiger partial charge is 0.194 e. The first-order chi connectivity index (χ1) is 8.70. The van der Waals surface area contributed by atoms with E-state index in [0.29, 0.717) is 18.9 Å². The van der Waals surface area contributed by atoms with E-state index in [1.165, 1.54) is 6.07 Å². The Hall–Kier alpha value is -1.05. The van der Waals surface area contributed by atoms with Gasteiger partial charge in [0.2, 0.25) is 0 Å². The van der Waals surface area contributed by atoms with Gasteiger partial charge in [-0.1, -0.05) is 6.07 Å². The number of halogens is 2. The molecule has 0 bridgehead atoms. The molecule has 2 rings (SSSR count). The van der Waals surface area contributed by atoms with Gasteiger partial charge in [0.25, 0.3) is 0 Å². The van der Waals surface area contributed by atoms with Gasteiger partial charge in [0.15, 0.2) is 17.5 Å². The van der Waals surface area contributed by atoms with Crippen molar-refractivity contribution < 1.29 is 9.13 Å². The van der Waals surface area contributed by atoms with Crippen molar-refractivity contribution in [1.29, 1.82) is 0 Å². The van der Waals surface area contributed by atoms with Gasteiger partial charge >= 0.3 is 0 Å². The molecule has 1 aromatic carbocycles. The van der Waals surface area contributed by atoms with Gasteiger partial charge in [-0.05, 0) is 24.6 Å². The van der Waals surface area contributed by atoms with E-state index >= 15 is 0 Å². The summed E-state index contributed by atoms with van der Waals surface area (Å²) in [6.07, 6.45) is 0. The number of benzene rings is 1. The second kappa shape index (κ2) is 7.52. The molecular formula is C13H19FIN3O. The molecule has 19 heavy (non-hydrogen) atoms. The van der Waals surface area contributed by atoms with Gasteiger partial charge < -0.3 is 15.0 Å².